The van der Waals surface area contributed by atoms with E-state index >= 15 is 0 Å². The van der Waals surface area contributed by atoms with Gasteiger partial charge in [0.1, 0.15) is 0 Å². The minimum Gasteiger partial charge on any atom is -0.395 e. The van der Waals surface area contributed by atoms with Gasteiger partial charge in [0.15, 0.2) is 0 Å². The number of aliphatic hydroxyl groups excluding tert-OH is 2. The molecule has 66 valence electrons. The lowest BCUT2D eigenvalue weighted by Gasteiger charge is -2.18. The molecule has 1 saturated heterocycles. The van der Waals surface area contributed by atoms with E-state index in [1.807, 2.05) is 23.9 Å². The fraction of sp³-hybridized carbons (Fsp3) is 0.556. The summed E-state index contributed by atoms with van der Waals surface area (Å²) in [6.45, 7) is 0.0301. The van der Waals surface area contributed by atoms with Crippen LogP contribution in [0.2, 0.25) is 0 Å². The summed E-state index contributed by atoms with van der Waals surface area (Å²) in [5.74, 6) is 2.07. The molecule has 1 fully saturated rings. The second-order valence-electron chi connectivity index (χ2n) is 3.38. The summed E-state index contributed by atoms with van der Waals surface area (Å²) >= 11 is 1.89. The van der Waals surface area contributed by atoms with Gasteiger partial charge in [-0.05, 0) is 11.1 Å². The van der Waals surface area contributed by atoms with Crippen molar-refractivity contribution in [3.8, 4) is 0 Å². The summed E-state index contributed by atoms with van der Waals surface area (Å²) in [4.78, 5) is 0. The smallest absolute Gasteiger partial charge is 0.0579 e. The first kappa shape index (κ1) is 8.35. The van der Waals surface area contributed by atoms with Gasteiger partial charge in [0, 0.05) is 11.5 Å². The Bertz CT molecular complexity index is 229. The molecule has 0 saturated carbocycles. The summed E-state index contributed by atoms with van der Waals surface area (Å²) in [6, 6.07) is 0. The third-order valence-electron chi connectivity index (χ3n) is 2.44. The number of aliphatic hydroxyl groups is 2. The predicted octanol–water partition coefficient (Wildman–Crippen LogP) is 0.571. The van der Waals surface area contributed by atoms with Crippen LogP contribution in [0, 0.1) is 5.41 Å². The highest BCUT2D eigenvalue weighted by Gasteiger charge is 2.33. The van der Waals surface area contributed by atoms with Gasteiger partial charge in [0.25, 0.3) is 0 Å². The molecular weight excluding hydrogens is 172 g/mol. The van der Waals surface area contributed by atoms with E-state index in [0.29, 0.717) is 0 Å². The molecule has 0 spiro atoms. The minimum atomic E-state index is -0.453. The molecule has 0 aromatic carbocycles. The maximum absolute atomic E-state index is 9.12. The highest BCUT2D eigenvalue weighted by Crippen LogP contribution is 2.40. The largest absolute Gasteiger partial charge is 0.395 e. The number of thioether (sulfide) groups is 1. The summed E-state index contributed by atoms with van der Waals surface area (Å²) in [5, 5.41) is 18.2. The van der Waals surface area contributed by atoms with Crippen LogP contribution in [0.15, 0.2) is 23.3 Å². The second-order valence-corrected chi connectivity index (χ2v) is 4.37. The van der Waals surface area contributed by atoms with Crippen LogP contribution >= 0.6 is 11.8 Å². The average molecular weight is 184 g/mol. The topological polar surface area (TPSA) is 40.5 Å². The lowest BCUT2D eigenvalue weighted by molar-refractivity contribution is 0.130. The molecule has 1 aliphatic heterocycles. The van der Waals surface area contributed by atoms with Crippen molar-refractivity contribution >= 4 is 11.8 Å². The van der Waals surface area contributed by atoms with Crippen molar-refractivity contribution in [1.29, 1.82) is 0 Å². The first-order valence-electron chi connectivity index (χ1n) is 4.03. The van der Waals surface area contributed by atoms with E-state index < -0.39 is 5.41 Å². The quantitative estimate of drug-likeness (QED) is 0.659. The van der Waals surface area contributed by atoms with E-state index in [-0.39, 0.29) is 13.2 Å². The Morgan fingerprint density at radius 3 is 2.08 bits per heavy atom. The second kappa shape index (κ2) is 2.91. The van der Waals surface area contributed by atoms with Crippen LogP contribution in [0.1, 0.15) is 0 Å². The molecule has 0 aromatic rings. The van der Waals surface area contributed by atoms with Crippen LogP contribution in [-0.4, -0.2) is 34.9 Å². The van der Waals surface area contributed by atoms with Gasteiger partial charge in [-0.3, -0.25) is 0 Å². The summed E-state index contributed by atoms with van der Waals surface area (Å²) < 4.78 is 0. The van der Waals surface area contributed by atoms with Gasteiger partial charge in [-0.25, -0.2) is 0 Å². The molecule has 0 aromatic heterocycles. The number of fused-ring (bicyclic) bond motifs is 1. The first-order valence-corrected chi connectivity index (χ1v) is 5.18. The van der Waals surface area contributed by atoms with Crippen LogP contribution in [0.4, 0.5) is 0 Å². The van der Waals surface area contributed by atoms with E-state index in [1.54, 1.807) is 0 Å². The fourth-order valence-electron chi connectivity index (χ4n) is 1.69. The Balaban J connectivity index is 2.30. The Morgan fingerprint density at radius 1 is 1.17 bits per heavy atom. The van der Waals surface area contributed by atoms with Gasteiger partial charge in [-0.15, -0.1) is 0 Å². The molecule has 1 aliphatic carbocycles. The zero-order chi connectivity index (χ0) is 8.60. The van der Waals surface area contributed by atoms with Gasteiger partial charge in [-0.2, -0.15) is 11.8 Å². The zero-order valence-electron chi connectivity index (χ0n) is 6.79. The Labute approximate surface area is 76.0 Å². The summed E-state index contributed by atoms with van der Waals surface area (Å²) in [6.07, 6.45) is 4.03. The SMILES string of the molecule is OCC1(CO)C=C2CSCC2=C1. The zero-order valence-corrected chi connectivity index (χ0v) is 7.60. The molecule has 3 heteroatoms. The van der Waals surface area contributed by atoms with Crippen molar-refractivity contribution in [2.45, 2.75) is 0 Å². The molecule has 0 radical (unpaired) electrons. The normalized spacial score (nSPS) is 25.2. The Hall–Kier alpha value is -0.250. The number of rotatable bonds is 2. The monoisotopic (exact) mass is 184 g/mol. The molecule has 2 nitrogen and oxygen atoms in total. The molecule has 0 amide bonds. The maximum atomic E-state index is 9.12. The predicted molar refractivity (Wildman–Crippen MR) is 50.1 cm³/mol. The standard InChI is InChI=1S/C9H12O2S/c10-5-9(6-11)1-7-3-12-4-8(7)2-9/h1-2,10-11H,3-6H2. The average Bonchev–Trinajstić information content (AvgIpc) is 2.61. The summed E-state index contributed by atoms with van der Waals surface area (Å²) in [7, 11) is 0. The van der Waals surface area contributed by atoms with Gasteiger partial charge >= 0.3 is 0 Å². The first-order chi connectivity index (χ1) is 5.79. The van der Waals surface area contributed by atoms with Gasteiger partial charge in [0.2, 0.25) is 0 Å². The lowest BCUT2D eigenvalue weighted by Crippen LogP contribution is -2.23. The van der Waals surface area contributed by atoms with E-state index in [9.17, 15) is 0 Å². The van der Waals surface area contributed by atoms with Crippen molar-refractivity contribution in [3.05, 3.63) is 23.3 Å². The van der Waals surface area contributed by atoms with Crippen LogP contribution in [0.5, 0.6) is 0 Å². The van der Waals surface area contributed by atoms with E-state index in [4.69, 9.17) is 10.2 Å². The van der Waals surface area contributed by atoms with E-state index in [1.165, 1.54) is 11.1 Å². The van der Waals surface area contributed by atoms with Crippen LogP contribution < -0.4 is 0 Å². The third-order valence-corrected chi connectivity index (χ3v) is 3.47. The Morgan fingerprint density at radius 2 is 1.67 bits per heavy atom. The molecule has 2 aliphatic rings. The lowest BCUT2D eigenvalue weighted by atomic mass is 9.92. The molecule has 0 bridgehead atoms. The third kappa shape index (κ3) is 1.13. The fourth-order valence-corrected chi connectivity index (χ4v) is 2.77. The van der Waals surface area contributed by atoms with Gasteiger partial charge in [0.05, 0.1) is 18.6 Å². The Kier molecular flexibility index (Phi) is 2.02. The van der Waals surface area contributed by atoms with Crippen molar-refractivity contribution in [2.24, 2.45) is 5.41 Å². The molecular formula is C9H12O2S. The minimum absolute atomic E-state index is 0.0150. The number of hydrogen-bond donors (Lipinski definition) is 2. The molecule has 12 heavy (non-hydrogen) atoms. The van der Waals surface area contributed by atoms with Crippen LogP contribution in [0.25, 0.3) is 0 Å². The van der Waals surface area contributed by atoms with E-state index in [2.05, 4.69) is 0 Å². The molecule has 2 N–H and O–H groups in total. The van der Waals surface area contributed by atoms with Crippen molar-refractivity contribution in [1.82, 2.24) is 0 Å². The molecule has 1 heterocycles. The van der Waals surface area contributed by atoms with E-state index in [0.717, 1.165) is 11.5 Å². The van der Waals surface area contributed by atoms with Gasteiger partial charge < -0.3 is 10.2 Å². The highest BCUT2D eigenvalue weighted by molar-refractivity contribution is 8.00. The number of hydrogen-bond acceptors (Lipinski definition) is 3. The maximum Gasteiger partial charge on any atom is 0.0579 e. The van der Waals surface area contributed by atoms with Crippen molar-refractivity contribution < 1.29 is 10.2 Å². The van der Waals surface area contributed by atoms with Crippen molar-refractivity contribution in [2.75, 3.05) is 24.7 Å². The highest BCUT2D eigenvalue weighted by atomic mass is 32.2. The summed E-state index contributed by atoms with van der Waals surface area (Å²) in [5.41, 5.74) is 2.16. The molecule has 2 rings (SSSR count). The molecule has 0 unspecified atom stereocenters. The van der Waals surface area contributed by atoms with Crippen LogP contribution in [-0.2, 0) is 0 Å². The van der Waals surface area contributed by atoms with Gasteiger partial charge in [-0.1, -0.05) is 12.2 Å². The van der Waals surface area contributed by atoms with Crippen molar-refractivity contribution in [3.63, 3.8) is 0 Å². The van der Waals surface area contributed by atoms with Crippen LogP contribution in [0.3, 0.4) is 0 Å². The molecule has 0 atom stereocenters.